The van der Waals surface area contributed by atoms with E-state index in [1.165, 1.54) is 0 Å². The minimum absolute atomic E-state index is 0.0913. The summed E-state index contributed by atoms with van der Waals surface area (Å²) in [6.07, 6.45) is 2.52. The largest absolute Gasteiger partial charge is 0.342 e. The Morgan fingerprint density at radius 1 is 1.46 bits per heavy atom. The maximum Gasteiger partial charge on any atom is 0.219 e. The maximum absolute atomic E-state index is 11.4. The highest BCUT2D eigenvalue weighted by Crippen LogP contribution is 2.18. The van der Waals surface area contributed by atoms with Gasteiger partial charge in [-0.3, -0.25) is 9.59 Å². The Kier molecular flexibility index (Phi) is 3.46. The van der Waals surface area contributed by atoms with Gasteiger partial charge in [-0.05, 0) is 12.8 Å². The zero-order valence-corrected chi connectivity index (χ0v) is 8.38. The molecule has 0 aromatic rings. The average Bonchev–Trinajstić information content (AvgIpc) is 2.17. The lowest BCUT2D eigenvalue weighted by Crippen LogP contribution is -2.41. The van der Waals surface area contributed by atoms with Crippen LogP contribution >= 0.6 is 0 Å². The lowest BCUT2D eigenvalue weighted by molar-refractivity contribution is -0.133. The maximum atomic E-state index is 11.4. The molecule has 1 saturated heterocycles. The van der Waals surface area contributed by atoms with Crippen LogP contribution in [0.15, 0.2) is 0 Å². The molecule has 1 atom stereocenters. The Balaban J connectivity index is 2.51. The number of nitrogens with zero attached hydrogens (tertiary/aromatic N) is 1. The fourth-order valence-corrected chi connectivity index (χ4v) is 1.81. The molecule has 1 amide bonds. The Labute approximate surface area is 79.1 Å². The first-order valence-electron chi connectivity index (χ1n) is 4.93. The molecule has 0 aromatic heterocycles. The molecule has 1 aliphatic heterocycles. The lowest BCUT2D eigenvalue weighted by atomic mass is 9.92. The fraction of sp³-hybridized carbons (Fsp3) is 0.800. The second-order valence-electron chi connectivity index (χ2n) is 3.62. The van der Waals surface area contributed by atoms with Gasteiger partial charge in [0, 0.05) is 32.4 Å². The van der Waals surface area contributed by atoms with E-state index in [0.717, 1.165) is 19.4 Å². The molecule has 1 fully saturated rings. The van der Waals surface area contributed by atoms with Crippen molar-refractivity contribution in [3.8, 4) is 0 Å². The van der Waals surface area contributed by atoms with Crippen molar-refractivity contribution in [3.63, 3.8) is 0 Å². The van der Waals surface area contributed by atoms with Crippen molar-refractivity contribution in [2.24, 2.45) is 5.92 Å². The Morgan fingerprint density at radius 2 is 2.15 bits per heavy atom. The third kappa shape index (κ3) is 2.54. The van der Waals surface area contributed by atoms with E-state index in [2.05, 4.69) is 0 Å². The normalized spacial score (nSPS) is 22.9. The van der Waals surface area contributed by atoms with Crippen LogP contribution in [-0.2, 0) is 9.59 Å². The van der Waals surface area contributed by atoms with Crippen molar-refractivity contribution in [2.45, 2.75) is 33.1 Å². The molecular formula is C10H17NO2. The number of carbonyl (C=O) groups excluding carboxylic acids is 2. The van der Waals surface area contributed by atoms with Crippen LogP contribution < -0.4 is 0 Å². The van der Waals surface area contributed by atoms with Crippen LogP contribution in [0.5, 0.6) is 0 Å². The van der Waals surface area contributed by atoms with E-state index in [1.807, 2.05) is 6.92 Å². The number of hydrogen-bond acceptors (Lipinski definition) is 2. The van der Waals surface area contributed by atoms with E-state index in [9.17, 15) is 9.59 Å². The molecule has 0 aromatic carbocycles. The number of carbonyl (C=O) groups is 2. The first-order chi connectivity index (χ1) is 6.15. The standard InChI is InChI=1S/C10H17NO2/c1-3-10(13)9-5-4-6-11(7-9)8(2)12/h9H,3-7H2,1-2H3. The molecule has 0 saturated carbocycles. The molecule has 1 aliphatic rings. The molecule has 0 spiro atoms. The SMILES string of the molecule is CCC(=O)C1CCCN(C(C)=O)C1. The van der Waals surface area contributed by atoms with Crippen molar-refractivity contribution in [2.75, 3.05) is 13.1 Å². The summed E-state index contributed by atoms with van der Waals surface area (Å²) in [4.78, 5) is 24.2. The molecule has 1 unspecified atom stereocenters. The zero-order valence-electron chi connectivity index (χ0n) is 8.38. The van der Waals surface area contributed by atoms with Crippen LogP contribution in [0.25, 0.3) is 0 Å². The molecule has 0 radical (unpaired) electrons. The molecule has 1 rings (SSSR count). The van der Waals surface area contributed by atoms with Gasteiger partial charge >= 0.3 is 0 Å². The predicted molar refractivity (Wildman–Crippen MR) is 50.3 cm³/mol. The Hall–Kier alpha value is -0.860. The number of piperidine rings is 1. The number of rotatable bonds is 2. The second kappa shape index (κ2) is 4.40. The van der Waals surface area contributed by atoms with Gasteiger partial charge in [-0.15, -0.1) is 0 Å². The Bertz CT molecular complexity index is 213. The molecule has 0 N–H and O–H groups in total. The predicted octanol–water partition coefficient (Wildman–Crippen LogP) is 1.22. The molecule has 13 heavy (non-hydrogen) atoms. The van der Waals surface area contributed by atoms with Crippen LogP contribution in [0.2, 0.25) is 0 Å². The lowest BCUT2D eigenvalue weighted by Gasteiger charge is -2.31. The molecule has 3 nitrogen and oxygen atoms in total. The van der Waals surface area contributed by atoms with Crippen molar-refractivity contribution in [1.29, 1.82) is 0 Å². The van der Waals surface area contributed by atoms with E-state index >= 15 is 0 Å². The van der Waals surface area contributed by atoms with E-state index < -0.39 is 0 Å². The molecule has 0 aliphatic carbocycles. The van der Waals surface area contributed by atoms with Crippen molar-refractivity contribution in [1.82, 2.24) is 4.90 Å². The highest BCUT2D eigenvalue weighted by Gasteiger charge is 2.25. The zero-order chi connectivity index (χ0) is 9.84. The van der Waals surface area contributed by atoms with Gasteiger partial charge in [0.15, 0.2) is 0 Å². The van der Waals surface area contributed by atoms with Crippen molar-refractivity contribution in [3.05, 3.63) is 0 Å². The summed E-state index contributed by atoms with van der Waals surface area (Å²) in [5.41, 5.74) is 0. The highest BCUT2D eigenvalue weighted by atomic mass is 16.2. The summed E-state index contributed by atoms with van der Waals surface area (Å²) in [6, 6.07) is 0. The summed E-state index contributed by atoms with van der Waals surface area (Å²) in [6.45, 7) is 4.92. The number of amides is 1. The van der Waals surface area contributed by atoms with Crippen LogP contribution in [0, 0.1) is 5.92 Å². The van der Waals surface area contributed by atoms with Gasteiger partial charge in [0.2, 0.25) is 5.91 Å². The second-order valence-corrected chi connectivity index (χ2v) is 3.62. The molecule has 74 valence electrons. The average molecular weight is 183 g/mol. The van der Waals surface area contributed by atoms with Crippen LogP contribution in [0.3, 0.4) is 0 Å². The fourth-order valence-electron chi connectivity index (χ4n) is 1.81. The third-order valence-corrected chi connectivity index (χ3v) is 2.67. The summed E-state index contributed by atoms with van der Waals surface area (Å²) in [5, 5.41) is 0. The monoisotopic (exact) mass is 183 g/mol. The van der Waals surface area contributed by atoms with Gasteiger partial charge in [0.25, 0.3) is 0 Å². The van der Waals surface area contributed by atoms with Gasteiger partial charge < -0.3 is 4.90 Å². The number of ketones is 1. The van der Waals surface area contributed by atoms with Gasteiger partial charge in [-0.2, -0.15) is 0 Å². The van der Waals surface area contributed by atoms with Gasteiger partial charge in [0.05, 0.1) is 0 Å². The number of likely N-dealkylation sites (tertiary alicyclic amines) is 1. The third-order valence-electron chi connectivity index (χ3n) is 2.67. The first-order valence-corrected chi connectivity index (χ1v) is 4.93. The van der Waals surface area contributed by atoms with Crippen LogP contribution in [0.1, 0.15) is 33.1 Å². The Morgan fingerprint density at radius 3 is 2.69 bits per heavy atom. The molecule has 3 heteroatoms. The minimum Gasteiger partial charge on any atom is -0.342 e. The molecule has 0 bridgehead atoms. The number of hydrogen-bond donors (Lipinski definition) is 0. The van der Waals surface area contributed by atoms with E-state index in [1.54, 1.807) is 11.8 Å². The van der Waals surface area contributed by atoms with E-state index in [-0.39, 0.29) is 11.8 Å². The van der Waals surface area contributed by atoms with Gasteiger partial charge in [-0.1, -0.05) is 6.92 Å². The summed E-state index contributed by atoms with van der Waals surface area (Å²) < 4.78 is 0. The quantitative estimate of drug-likeness (QED) is 0.645. The number of Topliss-reactive ketones (excluding diaryl/α,β-unsaturated/α-hetero) is 1. The van der Waals surface area contributed by atoms with E-state index in [0.29, 0.717) is 18.7 Å². The van der Waals surface area contributed by atoms with Crippen LogP contribution in [0.4, 0.5) is 0 Å². The van der Waals surface area contributed by atoms with Crippen molar-refractivity contribution < 1.29 is 9.59 Å². The topological polar surface area (TPSA) is 37.4 Å². The highest BCUT2D eigenvalue weighted by molar-refractivity contribution is 5.82. The van der Waals surface area contributed by atoms with Gasteiger partial charge in [0.1, 0.15) is 5.78 Å². The van der Waals surface area contributed by atoms with Gasteiger partial charge in [-0.25, -0.2) is 0 Å². The van der Waals surface area contributed by atoms with Crippen LogP contribution in [-0.4, -0.2) is 29.7 Å². The van der Waals surface area contributed by atoms with E-state index in [4.69, 9.17) is 0 Å². The summed E-state index contributed by atoms with van der Waals surface area (Å²) in [5.74, 6) is 0.488. The molecule has 1 heterocycles. The first kappa shape index (κ1) is 10.2. The summed E-state index contributed by atoms with van der Waals surface area (Å²) in [7, 11) is 0. The van der Waals surface area contributed by atoms with Crippen molar-refractivity contribution >= 4 is 11.7 Å². The smallest absolute Gasteiger partial charge is 0.219 e. The summed E-state index contributed by atoms with van der Waals surface area (Å²) >= 11 is 0. The molecular weight excluding hydrogens is 166 g/mol. The minimum atomic E-state index is 0.0913.